The molecule has 1 saturated carbocycles. The molecular formula is C22H37FIN5O2. The predicted molar refractivity (Wildman–Crippen MR) is 133 cm³/mol. The summed E-state index contributed by atoms with van der Waals surface area (Å²) >= 11 is 0. The Labute approximate surface area is 202 Å². The monoisotopic (exact) mass is 549 g/mol. The first kappa shape index (κ1) is 26.2. The quantitative estimate of drug-likeness (QED) is 0.251. The molecule has 1 aliphatic carbocycles. The van der Waals surface area contributed by atoms with E-state index in [0.29, 0.717) is 12.6 Å². The number of nitrogens with one attached hydrogen (secondary N) is 2. The van der Waals surface area contributed by atoms with Crippen LogP contribution in [0.4, 0.5) is 4.39 Å². The van der Waals surface area contributed by atoms with Gasteiger partial charge in [-0.2, -0.15) is 0 Å². The third-order valence-electron chi connectivity index (χ3n) is 5.77. The number of guanidine groups is 1. The van der Waals surface area contributed by atoms with Gasteiger partial charge < -0.3 is 20.1 Å². The lowest BCUT2D eigenvalue weighted by Gasteiger charge is -2.35. The fraction of sp³-hybridized carbons (Fsp3) is 0.682. The van der Waals surface area contributed by atoms with Crippen LogP contribution in [0.5, 0.6) is 0 Å². The first-order chi connectivity index (χ1) is 14.7. The third kappa shape index (κ3) is 8.80. The molecule has 0 spiro atoms. The van der Waals surface area contributed by atoms with E-state index in [-0.39, 0.29) is 35.8 Å². The number of morpholine rings is 1. The van der Waals surface area contributed by atoms with E-state index in [1.807, 2.05) is 12.1 Å². The van der Waals surface area contributed by atoms with Gasteiger partial charge in [-0.15, -0.1) is 24.0 Å². The maximum atomic E-state index is 13.4. The van der Waals surface area contributed by atoms with Gasteiger partial charge in [-0.3, -0.25) is 14.8 Å². The molecule has 3 rings (SSSR count). The average molecular weight is 549 g/mol. The number of hydrogen-bond donors (Lipinski definition) is 2. The van der Waals surface area contributed by atoms with Crippen molar-refractivity contribution in [2.24, 2.45) is 4.99 Å². The van der Waals surface area contributed by atoms with E-state index in [2.05, 4.69) is 25.4 Å². The van der Waals surface area contributed by atoms with Crippen LogP contribution in [0.15, 0.2) is 29.3 Å². The topological polar surface area (TPSA) is 61.4 Å². The van der Waals surface area contributed by atoms with Crippen LogP contribution in [-0.4, -0.2) is 95.0 Å². The molecule has 1 aliphatic heterocycles. The summed E-state index contributed by atoms with van der Waals surface area (Å²) in [6.07, 6.45) is 2.57. The van der Waals surface area contributed by atoms with E-state index in [0.717, 1.165) is 64.1 Å². The third-order valence-corrected chi connectivity index (χ3v) is 5.77. The Morgan fingerprint density at radius 3 is 2.55 bits per heavy atom. The summed E-state index contributed by atoms with van der Waals surface area (Å²) in [4.78, 5) is 9.25. The van der Waals surface area contributed by atoms with Crippen molar-refractivity contribution in [3.05, 3.63) is 35.6 Å². The van der Waals surface area contributed by atoms with E-state index >= 15 is 0 Å². The Kier molecular flexibility index (Phi) is 12.0. The summed E-state index contributed by atoms with van der Waals surface area (Å²) in [5.41, 5.74) is 1.10. The summed E-state index contributed by atoms with van der Waals surface area (Å²) in [6, 6.07) is 7.65. The number of aliphatic imine (C=N–C) groups is 1. The normalized spacial score (nSPS) is 18.5. The van der Waals surface area contributed by atoms with Crippen LogP contribution in [0, 0.1) is 5.82 Å². The highest BCUT2D eigenvalue weighted by Gasteiger charge is 2.28. The van der Waals surface area contributed by atoms with Crippen molar-refractivity contribution in [1.29, 1.82) is 0 Å². The average Bonchev–Trinajstić information content (AvgIpc) is 3.62. The summed E-state index contributed by atoms with van der Waals surface area (Å²) in [5.74, 6) is 0.580. The van der Waals surface area contributed by atoms with Gasteiger partial charge in [-0.25, -0.2) is 4.39 Å². The molecule has 176 valence electrons. The predicted octanol–water partition coefficient (Wildman–Crippen LogP) is 2.09. The molecule has 1 saturated heterocycles. The van der Waals surface area contributed by atoms with Crippen LogP contribution in [0.3, 0.4) is 0 Å². The molecule has 1 aromatic rings. The Morgan fingerprint density at radius 1 is 1.23 bits per heavy atom. The second-order valence-electron chi connectivity index (χ2n) is 7.86. The number of halogens is 2. The van der Waals surface area contributed by atoms with Crippen LogP contribution in [-0.2, 0) is 9.47 Å². The highest BCUT2D eigenvalue weighted by Crippen LogP contribution is 2.26. The number of methoxy groups -OCH3 is 1. The van der Waals surface area contributed by atoms with E-state index in [9.17, 15) is 4.39 Å². The summed E-state index contributed by atoms with van der Waals surface area (Å²) in [6.45, 7) is 7.42. The molecule has 1 atom stereocenters. The van der Waals surface area contributed by atoms with Gasteiger partial charge in [0.15, 0.2) is 5.96 Å². The van der Waals surface area contributed by atoms with E-state index in [1.165, 1.54) is 25.0 Å². The van der Waals surface area contributed by atoms with Crippen molar-refractivity contribution >= 4 is 29.9 Å². The van der Waals surface area contributed by atoms with Gasteiger partial charge in [0.2, 0.25) is 0 Å². The zero-order valence-corrected chi connectivity index (χ0v) is 21.0. The molecule has 2 N–H and O–H groups in total. The first-order valence-electron chi connectivity index (χ1n) is 11.0. The van der Waals surface area contributed by atoms with E-state index in [1.54, 1.807) is 14.2 Å². The molecule has 2 fully saturated rings. The fourth-order valence-electron chi connectivity index (χ4n) is 3.89. The SMILES string of the molecule is CN=C(NCCN(CCOC)C1CC1)NCC(c1ccc(F)cc1)N1CCOCC1.I. The van der Waals surface area contributed by atoms with E-state index in [4.69, 9.17) is 9.47 Å². The van der Waals surface area contributed by atoms with Crippen molar-refractivity contribution in [1.82, 2.24) is 20.4 Å². The van der Waals surface area contributed by atoms with Gasteiger partial charge in [0.1, 0.15) is 5.82 Å². The lowest BCUT2D eigenvalue weighted by atomic mass is 10.0. The Balaban J connectivity index is 0.00000341. The van der Waals surface area contributed by atoms with Crippen molar-refractivity contribution in [3.63, 3.8) is 0 Å². The van der Waals surface area contributed by atoms with Crippen LogP contribution in [0.2, 0.25) is 0 Å². The van der Waals surface area contributed by atoms with E-state index < -0.39 is 0 Å². The minimum Gasteiger partial charge on any atom is -0.383 e. The van der Waals surface area contributed by atoms with Gasteiger partial charge in [-0.05, 0) is 30.5 Å². The molecular weight excluding hydrogens is 512 g/mol. The number of benzene rings is 1. The van der Waals surface area contributed by atoms with Gasteiger partial charge in [0.05, 0.1) is 25.9 Å². The summed E-state index contributed by atoms with van der Waals surface area (Å²) in [7, 11) is 3.54. The second-order valence-corrected chi connectivity index (χ2v) is 7.86. The van der Waals surface area contributed by atoms with Crippen LogP contribution < -0.4 is 10.6 Å². The molecule has 0 radical (unpaired) electrons. The van der Waals surface area contributed by atoms with Gasteiger partial charge >= 0.3 is 0 Å². The van der Waals surface area contributed by atoms with Crippen molar-refractivity contribution in [3.8, 4) is 0 Å². The highest BCUT2D eigenvalue weighted by molar-refractivity contribution is 14.0. The zero-order valence-electron chi connectivity index (χ0n) is 18.7. The molecule has 1 unspecified atom stereocenters. The molecule has 31 heavy (non-hydrogen) atoms. The fourth-order valence-corrected chi connectivity index (χ4v) is 3.89. The number of hydrogen-bond acceptors (Lipinski definition) is 5. The first-order valence-corrected chi connectivity index (χ1v) is 11.0. The largest absolute Gasteiger partial charge is 0.383 e. The minimum absolute atomic E-state index is 0. The summed E-state index contributed by atoms with van der Waals surface area (Å²) in [5, 5.41) is 6.89. The van der Waals surface area contributed by atoms with Crippen LogP contribution >= 0.6 is 24.0 Å². The molecule has 0 amide bonds. The van der Waals surface area contributed by atoms with Gasteiger partial charge in [0.25, 0.3) is 0 Å². The maximum absolute atomic E-state index is 13.4. The molecule has 0 aromatic heterocycles. The molecule has 9 heteroatoms. The number of nitrogens with zero attached hydrogens (tertiary/aromatic N) is 3. The standard InChI is InChI=1S/C22H36FN5O2.HI/c1-24-22(25-9-10-27(11-14-29-2)20-7-8-20)26-17-21(28-12-15-30-16-13-28)18-3-5-19(23)6-4-18;/h3-6,20-21H,7-17H2,1-2H3,(H2,24,25,26);1H. The second kappa shape index (κ2) is 14.2. The molecule has 1 heterocycles. The van der Waals surface area contributed by atoms with Crippen LogP contribution in [0.25, 0.3) is 0 Å². The van der Waals surface area contributed by atoms with Crippen LogP contribution in [0.1, 0.15) is 24.4 Å². The smallest absolute Gasteiger partial charge is 0.191 e. The van der Waals surface area contributed by atoms with Crippen molar-refractivity contribution < 1.29 is 13.9 Å². The molecule has 1 aromatic carbocycles. The molecule has 7 nitrogen and oxygen atoms in total. The lowest BCUT2D eigenvalue weighted by Crippen LogP contribution is -2.47. The van der Waals surface area contributed by atoms with Gasteiger partial charge in [-0.1, -0.05) is 12.1 Å². The number of ether oxygens (including phenoxy) is 2. The Morgan fingerprint density at radius 2 is 1.94 bits per heavy atom. The maximum Gasteiger partial charge on any atom is 0.191 e. The number of rotatable bonds is 11. The van der Waals surface area contributed by atoms with Crippen molar-refractivity contribution in [2.75, 3.05) is 73.2 Å². The van der Waals surface area contributed by atoms with Gasteiger partial charge in [0, 0.05) is 59.5 Å². The van der Waals surface area contributed by atoms with Crippen molar-refractivity contribution in [2.45, 2.75) is 24.9 Å². The molecule has 0 bridgehead atoms. The Hall–Kier alpha value is -1.01. The zero-order chi connectivity index (χ0) is 21.2. The highest BCUT2D eigenvalue weighted by atomic mass is 127. The minimum atomic E-state index is -0.210. The lowest BCUT2D eigenvalue weighted by molar-refractivity contribution is 0.0170. The molecule has 2 aliphatic rings. The summed E-state index contributed by atoms with van der Waals surface area (Å²) < 4.78 is 24.2. The Bertz CT molecular complexity index is 654.